The lowest BCUT2D eigenvalue weighted by Gasteiger charge is -1.98. The van der Waals surface area contributed by atoms with Gasteiger partial charge in [0.15, 0.2) is 0 Å². The van der Waals surface area contributed by atoms with Crippen molar-refractivity contribution in [1.82, 2.24) is 4.98 Å². The molecule has 3 N–H and O–H groups in total. The fourth-order valence-corrected chi connectivity index (χ4v) is 2.38. The maximum atomic E-state index is 6.14. The monoisotopic (exact) mass is 286 g/mol. The second kappa shape index (κ2) is 4.56. The van der Waals surface area contributed by atoms with Crippen LogP contribution in [0, 0.1) is 0 Å². The van der Waals surface area contributed by atoms with Crippen LogP contribution in [0.3, 0.4) is 0 Å². The number of aryl methyl sites for hydroxylation is 1. The molecule has 0 aliphatic rings. The summed E-state index contributed by atoms with van der Waals surface area (Å²) in [4.78, 5) is 3.17. The first-order valence-corrected chi connectivity index (χ1v) is 6.05. The van der Waals surface area contributed by atoms with Crippen molar-refractivity contribution in [2.75, 3.05) is 6.54 Å². The Morgan fingerprint density at radius 1 is 1.40 bits per heavy atom. The minimum atomic E-state index is 0.694. The molecule has 2 aromatic rings. The fraction of sp³-hybridized carbons (Fsp3) is 0.273. The van der Waals surface area contributed by atoms with Crippen molar-refractivity contribution in [3.8, 4) is 0 Å². The van der Waals surface area contributed by atoms with Gasteiger partial charge in [0.2, 0.25) is 0 Å². The number of hydrogen-bond donors (Lipinski definition) is 2. The number of aromatic amines is 1. The second-order valence-electron chi connectivity index (χ2n) is 3.50. The fourth-order valence-electron chi connectivity index (χ4n) is 1.72. The Bertz CT molecular complexity index is 479. The molecule has 0 atom stereocenters. The average Bonchev–Trinajstić information content (AvgIpc) is 2.50. The van der Waals surface area contributed by atoms with E-state index in [0.29, 0.717) is 6.54 Å². The highest BCUT2D eigenvalue weighted by Crippen LogP contribution is 2.29. The number of nitrogens with one attached hydrogen (secondary N) is 1. The molecular weight excluding hydrogens is 275 g/mol. The Morgan fingerprint density at radius 2 is 2.20 bits per heavy atom. The number of benzene rings is 1. The van der Waals surface area contributed by atoms with E-state index < -0.39 is 0 Å². The Morgan fingerprint density at radius 3 is 2.93 bits per heavy atom. The molecule has 0 aliphatic heterocycles. The van der Waals surface area contributed by atoms with Crippen LogP contribution in [0.1, 0.15) is 12.0 Å². The molecule has 80 valence electrons. The molecule has 0 saturated heterocycles. The topological polar surface area (TPSA) is 41.8 Å². The first-order valence-electron chi connectivity index (χ1n) is 4.88. The number of halogens is 2. The maximum absolute atomic E-state index is 6.14. The average molecular weight is 288 g/mol. The summed E-state index contributed by atoms with van der Waals surface area (Å²) in [5, 5.41) is 1.92. The normalized spacial score (nSPS) is 11.1. The van der Waals surface area contributed by atoms with Crippen molar-refractivity contribution in [1.29, 1.82) is 0 Å². The third-order valence-electron chi connectivity index (χ3n) is 2.45. The summed E-state index contributed by atoms with van der Waals surface area (Å²) in [6.45, 7) is 0.694. The Hall–Kier alpha value is -0.510. The number of H-pyrrole nitrogens is 1. The summed E-state index contributed by atoms with van der Waals surface area (Å²) in [6.07, 6.45) is 1.89. The third kappa shape index (κ3) is 2.19. The Balaban J connectivity index is 2.48. The van der Waals surface area contributed by atoms with E-state index in [1.54, 1.807) is 0 Å². The summed E-state index contributed by atoms with van der Waals surface area (Å²) in [5.74, 6) is 0. The highest BCUT2D eigenvalue weighted by molar-refractivity contribution is 9.10. The highest BCUT2D eigenvalue weighted by atomic mass is 79.9. The highest BCUT2D eigenvalue weighted by Gasteiger charge is 2.09. The van der Waals surface area contributed by atoms with E-state index in [2.05, 4.69) is 27.0 Å². The van der Waals surface area contributed by atoms with Crippen LogP contribution in [-0.4, -0.2) is 11.5 Å². The first-order chi connectivity index (χ1) is 7.22. The molecule has 1 heterocycles. The zero-order chi connectivity index (χ0) is 10.8. The van der Waals surface area contributed by atoms with Crippen LogP contribution >= 0.6 is 27.5 Å². The number of rotatable bonds is 3. The molecule has 2 rings (SSSR count). The summed E-state index contributed by atoms with van der Waals surface area (Å²) < 4.78 is 1.05. The molecule has 1 aromatic carbocycles. The van der Waals surface area contributed by atoms with Crippen LogP contribution in [0.4, 0.5) is 0 Å². The van der Waals surface area contributed by atoms with Crippen molar-refractivity contribution in [3.05, 3.63) is 33.4 Å². The van der Waals surface area contributed by atoms with E-state index in [-0.39, 0.29) is 0 Å². The van der Waals surface area contributed by atoms with Gasteiger partial charge in [-0.25, -0.2) is 0 Å². The van der Waals surface area contributed by atoms with Gasteiger partial charge >= 0.3 is 0 Å². The van der Waals surface area contributed by atoms with Gasteiger partial charge in [-0.3, -0.25) is 0 Å². The molecular formula is C11H12BrClN2. The van der Waals surface area contributed by atoms with E-state index in [1.165, 1.54) is 10.9 Å². The number of aromatic nitrogens is 1. The van der Waals surface area contributed by atoms with Crippen molar-refractivity contribution < 1.29 is 0 Å². The van der Waals surface area contributed by atoms with Crippen LogP contribution in [0.25, 0.3) is 10.9 Å². The van der Waals surface area contributed by atoms with Gasteiger partial charge in [-0.1, -0.05) is 33.6 Å². The van der Waals surface area contributed by atoms with Gasteiger partial charge in [0.05, 0.1) is 0 Å². The Kier molecular flexibility index (Phi) is 3.34. The summed E-state index contributed by atoms with van der Waals surface area (Å²) in [7, 11) is 0. The summed E-state index contributed by atoms with van der Waals surface area (Å²) in [6, 6.07) is 6.14. The van der Waals surface area contributed by atoms with Gasteiger partial charge in [0.25, 0.3) is 0 Å². The molecule has 0 unspecified atom stereocenters. The van der Waals surface area contributed by atoms with Crippen LogP contribution in [0.15, 0.2) is 22.7 Å². The van der Waals surface area contributed by atoms with Gasteiger partial charge < -0.3 is 10.7 Å². The number of fused-ring (bicyclic) bond motifs is 1. The lowest BCUT2D eigenvalue weighted by molar-refractivity contribution is 0.837. The predicted octanol–water partition coefficient (Wildman–Crippen LogP) is 3.48. The van der Waals surface area contributed by atoms with E-state index in [0.717, 1.165) is 28.0 Å². The van der Waals surface area contributed by atoms with Crippen molar-refractivity contribution in [3.63, 3.8) is 0 Å². The van der Waals surface area contributed by atoms with Gasteiger partial charge in [0.1, 0.15) is 5.15 Å². The van der Waals surface area contributed by atoms with E-state index in [1.807, 2.05) is 12.1 Å². The molecule has 0 radical (unpaired) electrons. The minimum Gasteiger partial charge on any atom is -0.345 e. The van der Waals surface area contributed by atoms with Gasteiger partial charge in [0, 0.05) is 15.4 Å². The second-order valence-corrected chi connectivity index (χ2v) is 4.79. The van der Waals surface area contributed by atoms with Gasteiger partial charge in [-0.05, 0) is 37.1 Å². The molecule has 15 heavy (non-hydrogen) atoms. The SMILES string of the molecule is NCCCc1c(Cl)[nH]c2cc(Br)ccc12. The molecule has 0 bridgehead atoms. The molecule has 4 heteroatoms. The van der Waals surface area contributed by atoms with Crippen molar-refractivity contribution in [2.24, 2.45) is 5.73 Å². The lowest BCUT2D eigenvalue weighted by atomic mass is 10.1. The van der Waals surface area contributed by atoms with E-state index in [9.17, 15) is 0 Å². The predicted molar refractivity (Wildman–Crippen MR) is 68.4 cm³/mol. The number of nitrogens with two attached hydrogens (primary N) is 1. The Labute approximate surface area is 102 Å². The third-order valence-corrected chi connectivity index (χ3v) is 3.26. The number of hydrogen-bond acceptors (Lipinski definition) is 1. The van der Waals surface area contributed by atoms with E-state index >= 15 is 0 Å². The zero-order valence-electron chi connectivity index (χ0n) is 8.19. The summed E-state index contributed by atoms with van der Waals surface area (Å²) in [5.41, 5.74) is 7.74. The molecule has 0 spiro atoms. The smallest absolute Gasteiger partial charge is 0.110 e. The molecule has 0 aliphatic carbocycles. The molecule has 2 nitrogen and oxygen atoms in total. The quantitative estimate of drug-likeness (QED) is 0.892. The van der Waals surface area contributed by atoms with Crippen molar-refractivity contribution in [2.45, 2.75) is 12.8 Å². The van der Waals surface area contributed by atoms with Crippen LogP contribution in [0.5, 0.6) is 0 Å². The van der Waals surface area contributed by atoms with Crippen LogP contribution in [-0.2, 0) is 6.42 Å². The van der Waals surface area contributed by atoms with Gasteiger partial charge in [-0.2, -0.15) is 0 Å². The molecule has 0 fully saturated rings. The first kappa shape index (κ1) is 11.0. The molecule has 0 saturated carbocycles. The molecule has 0 amide bonds. The van der Waals surface area contributed by atoms with Crippen molar-refractivity contribution >= 4 is 38.4 Å². The zero-order valence-corrected chi connectivity index (χ0v) is 10.5. The largest absolute Gasteiger partial charge is 0.345 e. The van der Waals surface area contributed by atoms with Crippen LogP contribution in [0.2, 0.25) is 5.15 Å². The van der Waals surface area contributed by atoms with Gasteiger partial charge in [-0.15, -0.1) is 0 Å². The lowest BCUT2D eigenvalue weighted by Crippen LogP contribution is -2.00. The maximum Gasteiger partial charge on any atom is 0.110 e. The van der Waals surface area contributed by atoms with Crippen LogP contribution < -0.4 is 5.73 Å². The minimum absolute atomic E-state index is 0.694. The molecule has 1 aromatic heterocycles. The summed E-state index contributed by atoms with van der Waals surface area (Å²) >= 11 is 9.58. The van der Waals surface area contributed by atoms with E-state index in [4.69, 9.17) is 17.3 Å². The standard InChI is InChI=1S/C11H12BrClN2/c12-7-3-4-8-9(2-1-5-14)11(13)15-10(8)6-7/h3-4,6,15H,1-2,5,14H2.